The summed E-state index contributed by atoms with van der Waals surface area (Å²) in [6, 6.07) is 15.1. The lowest BCUT2D eigenvalue weighted by Crippen LogP contribution is -2.69. The second-order valence-corrected chi connectivity index (χ2v) is 7.61. The fourth-order valence-electron chi connectivity index (χ4n) is 2.88. The van der Waals surface area contributed by atoms with Crippen molar-refractivity contribution in [3.8, 4) is 0 Å². The predicted octanol–water partition coefficient (Wildman–Crippen LogP) is 7.94. The van der Waals surface area contributed by atoms with E-state index in [-0.39, 0.29) is 19.3 Å². The number of hydrogen-bond donors (Lipinski definition) is 0. The number of halogens is 13. The molecule has 0 aliphatic rings. The number of hydrogen-bond acceptors (Lipinski definition) is 1. The van der Waals surface area contributed by atoms with E-state index in [0.29, 0.717) is 11.1 Å². The molecule has 0 aliphatic heterocycles. The molecule has 0 unspecified atom stereocenters. The van der Waals surface area contributed by atoms with Crippen molar-refractivity contribution in [3.05, 3.63) is 84.1 Å². The van der Waals surface area contributed by atoms with Gasteiger partial charge in [0.05, 0.1) is 0 Å². The fourth-order valence-corrected chi connectivity index (χ4v) is 2.88. The topological polar surface area (TPSA) is 3.24 Å². The molecule has 2 aromatic rings. The van der Waals surface area contributed by atoms with Gasteiger partial charge in [0.15, 0.2) is 0 Å². The summed E-state index contributed by atoms with van der Waals surface area (Å²) in [5.74, 6) is -37.1. The maximum atomic E-state index is 14.1. The lowest BCUT2D eigenvalue weighted by molar-refractivity contribution is -0.436. The quantitative estimate of drug-likeness (QED) is 0.276. The maximum absolute atomic E-state index is 14.1. The number of alkyl halides is 13. The molecule has 200 valence electrons. The SMILES string of the molecule is FC(F)(F)C(F)(F)C(F)(F)C(F)(F)C(F)(F)C(F)(F)/C=C/N(Cc1ccccc1)Cc1ccccc1. The van der Waals surface area contributed by atoms with Crippen LogP contribution in [0.4, 0.5) is 57.1 Å². The summed E-state index contributed by atoms with van der Waals surface area (Å²) in [5.41, 5.74) is 0.824. The minimum absolute atomic E-state index is 0.143. The molecule has 0 N–H and O–H groups in total. The van der Waals surface area contributed by atoms with Gasteiger partial charge in [0.25, 0.3) is 0 Å². The van der Waals surface area contributed by atoms with Gasteiger partial charge >= 0.3 is 35.8 Å². The lowest BCUT2D eigenvalue weighted by atomic mass is 9.94. The Morgan fingerprint density at radius 2 is 0.861 bits per heavy atom. The van der Waals surface area contributed by atoms with Crippen molar-refractivity contribution in [2.75, 3.05) is 0 Å². The maximum Gasteiger partial charge on any atom is 0.460 e. The highest BCUT2D eigenvalue weighted by Crippen LogP contribution is 2.60. The number of benzene rings is 2. The van der Waals surface area contributed by atoms with E-state index in [9.17, 15) is 57.1 Å². The minimum atomic E-state index is -7.92. The molecule has 0 radical (unpaired) electrons. The van der Waals surface area contributed by atoms with Crippen molar-refractivity contribution >= 4 is 0 Å². The zero-order chi connectivity index (χ0) is 27.6. The lowest BCUT2D eigenvalue weighted by Gasteiger charge is -2.39. The molecule has 0 spiro atoms. The van der Waals surface area contributed by atoms with Gasteiger partial charge in [-0.1, -0.05) is 60.7 Å². The molecule has 0 saturated heterocycles. The molecule has 0 aromatic heterocycles. The molecule has 36 heavy (non-hydrogen) atoms. The van der Waals surface area contributed by atoms with Crippen molar-refractivity contribution in [2.45, 2.75) is 48.9 Å². The number of rotatable bonds is 10. The molecule has 2 aromatic carbocycles. The summed E-state index contributed by atoms with van der Waals surface area (Å²) < 4.78 is 173. The number of nitrogens with zero attached hydrogens (tertiary/aromatic N) is 1. The Labute approximate surface area is 195 Å². The first-order valence-electron chi connectivity index (χ1n) is 9.75. The summed E-state index contributed by atoms with van der Waals surface area (Å²) in [7, 11) is 0. The van der Waals surface area contributed by atoms with E-state index in [2.05, 4.69) is 0 Å². The molecule has 0 saturated carbocycles. The first-order chi connectivity index (χ1) is 16.3. The van der Waals surface area contributed by atoms with Crippen LogP contribution < -0.4 is 0 Å². The van der Waals surface area contributed by atoms with Gasteiger partial charge in [-0.05, 0) is 11.1 Å². The van der Waals surface area contributed by atoms with Crippen molar-refractivity contribution in [3.63, 3.8) is 0 Å². The Kier molecular flexibility index (Phi) is 8.02. The minimum Gasteiger partial charge on any atom is -0.369 e. The third-order valence-electron chi connectivity index (χ3n) is 4.91. The van der Waals surface area contributed by atoms with E-state index in [4.69, 9.17) is 0 Å². The van der Waals surface area contributed by atoms with Crippen LogP contribution in [-0.4, -0.2) is 40.7 Å². The normalized spacial score (nSPS) is 14.4. The summed E-state index contributed by atoms with van der Waals surface area (Å²) in [5, 5.41) is 0. The smallest absolute Gasteiger partial charge is 0.369 e. The molecule has 2 rings (SSSR count). The number of allylic oxidation sites excluding steroid dienone is 1. The highest BCUT2D eigenvalue weighted by atomic mass is 19.4. The fraction of sp³-hybridized carbons (Fsp3) is 0.364. The second-order valence-electron chi connectivity index (χ2n) is 7.61. The van der Waals surface area contributed by atoms with Gasteiger partial charge in [-0.25, -0.2) is 0 Å². The summed E-state index contributed by atoms with van der Waals surface area (Å²) >= 11 is 0. The molecule has 0 bridgehead atoms. The van der Waals surface area contributed by atoms with Gasteiger partial charge in [-0.15, -0.1) is 0 Å². The van der Waals surface area contributed by atoms with Gasteiger partial charge in [-0.2, -0.15) is 57.1 Å². The zero-order valence-electron chi connectivity index (χ0n) is 17.7. The molecule has 0 heterocycles. The summed E-state index contributed by atoms with van der Waals surface area (Å²) in [6.07, 6.45) is -8.25. The Bertz CT molecular complexity index is 974. The van der Waals surface area contributed by atoms with Gasteiger partial charge in [0.1, 0.15) is 0 Å². The molecule has 1 nitrogen and oxygen atoms in total. The predicted molar refractivity (Wildman–Crippen MR) is 102 cm³/mol. The molecule has 14 heteroatoms. The van der Waals surface area contributed by atoms with E-state index in [1.54, 1.807) is 12.1 Å². The van der Waals surface area contributed by atoms with E-state index in [1.165, 1.54) is 48.5 Å². The molecular weight excluding hydrogens is 525 g/mol. The van der Waals surface area contributed by atoms with E-state index < -0.39 is 41.9 Å². The standard InChI is InChI=1S/C22H16F13N/c23-17(24,18(25,26)19(27,28)20(29,30)21(31,32)22(33,34)35)11-12-36(13-15-7-3-1-4-8-15)14-16-9-5-2-6-10-16/h1-12H,13-14H2/b12-11+. The van der Waals surface area contributed by atoms with Gasteiger partial charge in [0, 0.05) is 25.4 Å². The van der Waals surface area contributed by atoms with Crippen LogP contribution in [0.25, 0.3) is 0 Å². The van der Waals surface area contributed by atoms with Gasteiger partial charge in [0.2, 0.25) is 0 Å². The average molecular weight is 541 g/mol. The average Bonchev–Trinajstić information content (AvgIpc) is 2.77. The van der Waals surface area contributed by atoms with Crippen molar-refractivity contribution in [2.24, 2.45) is 0 Å². The first kappa shape index (κ1) is 29.3. The van der Waals surface area contributed by atoms with E-state index in [0.717, 1.165) is 4.90 Å². The molecular formula is C22H16F13N. The van der Waals surface area contributed by atoms with Crippen LogP contribution in [0, 0.1) is 0 Å². The van der Waals surface area contributed by atoms with Crippen LogP contribution in [0.15, 0.2) is 72.9 Å². The van der Waals surface area contributed by atoms with Crippen molar-refractivity contribution < 1.29 is 57.1 Å². The third-order valence-corrected chi connectivity index (χ3v) is 4.91. The highest BCUT2D eigenvalue weighted by Gasteiger charge is 2.90. The van der Waals surface area contributed by atoms with Crippen LogP contribution in [0.1, 0.15) is 11.1 Å². The van der Waals surface area contributed by atoms with Gasteiger partial charge < -0.3 is 4.90 Å². The van der Waals surface area contributed by atoms with Crippen LogP contribution in [0.5, 0.6) is 0 Å². The summed E-state index contributed by atoms with van der Waals surface area (Å²) in [4.78, 5) is 0.884. The van der Waals surface area contributed by atoms with E-state index >= 15 is 0 Å². The molecule has 0 amide bonds. The Hall–Kier alpha value is -2.93. The van der Waals surface area contributed by atoms with Crippen molar-refractivity contribution in [1.29, 1.82) is 0 Å². The first-order valence-corrected chi connectivity index (χ1v) is 9.75. The van der Waals surface area contributed by atoms with Crippen LogP contribution >= 0.6 is 0 Å². The van der Waals surface area contributed by atoms with Crippen molar-refractivity contribution in [1.82, 2.24) is 4.90 Å². The third kappa shape index (κ3) is 5.41. The summed E-state index contributed by atoms with van der Waals surface area (Å²) in [6.45, 7) is -0.570. The van der Waals surface area contributed by atoms with Gasteiger partial charge in [-0.3, -0.25) is 0 Å². The Balaban J connectivity index is 2.43. The largest absolute Gasteiger partial charge is 0.460 e. The van der Waals surface area contributed by atoms with Crippen LogP contribution in [-0.2, 0) is 13.1 Å². The Morgan fingerprint density at radius 1 is 0.500 bits per heavy atom. The van der Waals surface area contributed by atoms with Crippen LogP contribution in [0.2, 0.25) is 0 Å². The molecule has 0 aliphatic carbocycles. The Morgan fingerprint density at radius 3 is 1.22 bits per heavy atom. The molecule has 0 fully saturated rings. The molecule has 0 atom stereocenters. The zero-order valence-corrected chi connectivity index (χ0v) is 17.7. The highest BCUT2D eigenvalue weighted by molar-refractivity contribution is 5.19. The second kappa shape index (κ2) is 9.85. The van der Waals surface area contributed by atoms with E-state index in [1.807, 2.05) is 0 Å². The van der Waals surface area contributed by atoms with Crippen LogP contribution in [0.3, 0.4) is 0 Å². The monoisotopic (exact) mass is 541 g/mol.